The summed E-state index contributed by atoms with van der Waals surface area (Å²) in [6, 6.07) is 3.55. The number of phenols is 2. The second-order valence-electron chi connectivity index (χ2n) is 35.4. The summed E-state index contributed by atoms with van der Waals surface area (Å²) < 4.78 is 17.8. The summed E-state index contributed by atoms with van der Waals surface area (Å²) in [5.74, 6) is -15.8. The van der Waals surface area contributed by atoms with Crippen LogP contribution in [0.4, 0.5) is 0 Å². The lowest BCUT2D eigenvalue weighted by Gasteiger charge is -2.42. The average molecular weight is 1950 g/mol. The van der Waals surface area contributed by atoms with E-state index >= 15 is 28.8 Å². The number of aromatic amines is 4. The predicted octanol–water partition coefficient (Wildman–Crippen LogP) is -0.900. The number of aliphatic hydroxyl groups is 2. The van der Waals surface area contributed by atoms with Gasteiger partial charge >= 0.3 is 5.97 Å². The minimum atomic E-state index is -2.16. The van der Waals surface area contributed by atoms with Crippen LogP contribution in [0.2, 0.25) is 0 Å². The fourth-order valence-electron chi connectivity index (χ4n) is 18.1. The van der Waals surface area contributed by atoms with E-state index in [1.807, 2.05) is 0 Å². The molecule has 13 amide bonds. The number of nitrogens with one attached hydrogen (secondary N) is 15. The molecule has 141 heavy (non-hydrogen) atoms. The van der Waals surface area contributed by atoms with Crippen LogP contribution < -0.4 is 74.7 Å². The second-order valence-corrected chi connectivity index (χ2v) is 35.4. The number of carbonyl (C=O) groups excluding carboxylic acids is 15. The highest BCUT2D eigenvalue weighted by Crippen LogP contribution is 2.53. The summed E-state index contributed by atoms with van der Waals surface area (Å²) in [5, 5.41) is 92.6. The van der Waals surface area contributed by atoms with Gasteiger partial charge in [0.15, 0.2) is 18.7 Å². The number of benzene rings is 4. The number of fused-ring (bicyclic) bond motifs is 5. The number of allylic oxidation sites excluding steroid dienone is 1. The van der Waals surface area contributed by atoms with E-state index in [9.17, 15) is 73.5 Å². The normalized spacial score (nSPS) is 20.3. The van der Waals surface area contributed by atoms with Crippen molar-refractivity contribution in [2.45, 2.75) is 227 Å². The van der Waals surface area contributed by atoms with E-state index in [0.717, 1.165) is 0 Å². The van der Waals surface area contributed by atoms with E-state index in [4.69, 9.17) is 30.5 Å². The van der Waals surface area contributed by atoms with Crippen molar-refractivity contribution in [3.8, 4) is 17.2 Å². The molecule has 0 bridgehead atoms. The van der Waals surface area contributed by atoms with E-state index in [-0.39, 0.29) is 155 Å². The Kier molecular flexibility index (Phi) is 34.3. The van der Waals surface area contributed by atoms with Gasteiger partial charge in [-0.1, -0.05) is 59.8 Å². The van der Waals surface area contributed by atoms with Gasteiger partial charge in [0.05, 0.1) is 73.4 Å². The maximum absolute atomic E-state index is 15.5. The monoisotopic (exact) mass is 1950 g/mol. The average Bonchev–Trinajstić information content (AvgIpc) is 1.39. The predicted molar refractivity (Wildman–Crippen MR) is 500 cm³/mol. The van der Waals surface area contributed by atoms with Crippen molar-refractivity contribution in [3.05, 3.63) is 172 Å². The summed E-state index contributed by atoms with van der Waals surface area (Å²) in [7, 11) is 1.29. The number of para-hydroxylation sites is 2. The van der Waals surface area contributed by atoms with Gasteiger partial charge in [0.1, 0.15) is 77.2 Å². The zero-order valence-corrected chi connectivity index (χ0v) is 77.7. The highest BCUT2D eigenvalue weighted by atomic mass is 16.7. The molecular weight excluding hydrogens is 1840 g/mol. The number of aliphatic hydroxyl groups excluding tert-OH is 1. The third-order valence-electron chi connectivity index (χ3n) is 25.5. The highest BCUT2D eigenvalue weighted by Gasteiger charge is 2.51. The number of carboxylic acids is 1. The van der Waals surface area contributed by atoms with Crippen LogP contribution in [0.1, 0.15) is 176 Å². The molecule has 0 unspecified atom stereocenters. The van der Waals surface area contributed by atoms with Crippen LogP contribution >= 0.6 is 0 Å². The molecule has 5 aliphatic rings. The number of oxime groups is 1. The molecule has 750 valence electrons. The fraction of sp³-hybridized carbons (Fsp3) is 0.442. The molecule has 13 rings (SSSR count). The number of primary amides is 1. The van der Waals surface area contributed by atoms with E-state index in [1.165, 1.54) is 74.3 Å². The van der Waals surface area contributed by atoms with Crippen molar-refractivity contribution in [2.75, 3.05) is 39.9 Å². The van der Waals surface area contributed by atoms with Crippen LogP contribution in [0.15, 0.2) is 121 Å². The molecule has 0 spiro atoms. The van der Waals surface area contributed by atoms with Crippen LogP contribution in [0, 0.1) is 0 Å². The van der Waals surface area contributed by atoms with E-state index in [0.29, 0.717) is 38.6 Å². The molecule has 3 fully saturated rings. The van der Waals surface area contributed by atoms with Crippen molar-refractivity contribution in [1.29, 1.82) is 0 Å². The number of likely N-dealkylation sites (tertiary alicyclic amines) is 1. The molecule has 0 radical (unpaired) electrons. The number of nitrogens with zero attached hydrogens (tertiary/aromatic N) is 4. The first-order chi connectivity index (χ1) is 67.6. The van der Waals surface area contributed by atoms with Crippen molar-refractivity contribution in [2.24, 2.45) is 16.6 Å². The van der Waals surface area contributed by atoms with E-state index < -0.39 is 241 Å². The van der Waals surface area contributed by atoms with Crippen LogP contribution in [0.3, 0.4) is 0 Å². The molecule has 46 heteroatoms. The molecule has 0 saturated carbocycles. The first-order valence-electron chi connectivity index (χ1n) is 46.3. The number of amides is 13. The van der Waals surface area contributed by atoms with Crippen LogP contribution in [-0.4, -0.2) is 285 Å². The maximum Gasteiger partial charge on any atom is 0.305 e. The number of nitrogens with two attached hydrogens (primary N) is 2. The lowest BCUT2D eigenvalue weighted by Crippen LogP contribution is -2.61. The van der Waals surface area contributed by atoms with E-state index in [1.54, 1.807) is 74.8 Å². The third kappa shape index (κ3) is 25.4. The van der Waals surface area contributed by atoms with Gasteiger partial charge < -0.3 is 139 Å². The summed E-state index contributed by atoms with van der Waals surface area (Å²) >= 11 is 0. The first kappa shape index (κ1) is 103. The van der Waals surface area contributed by atoms with E-state index in [2.05, 4.69) is 93.5 Å². The Morgan fingerprint density at radius 1 is 0.660 bits per heavy atom. The van der Waals surface area contributed by atoms with Crippen molar-refractivity contribution >= 4 is 122 Å². The maximum atomic E-state index is 15.5. The van der Waals surface area contributed by atoms with Crippen LogP contribution in [0.25, 0.3) is 21.8 Å². The standard InChI is InChI=1S/C95H115N21O25/c1-5-16-72(118)100-28-12-10-22-60(108-88(130)63(31-49-39-102-58-20-8-6-17-53(49)58)110-90(132)65(33-51-41-98-45-105-51)113-87(129)61-26-27-73(119)107-61)86(128)112-66(34-52-42-99-46-106-52)91(133)114-67(36-75(121)122)92(134)111-64(32-50-40-103-59-21-9-7-18-54(50)59)89(131)109-62(94(136)116-30-15-24-68(116)93(135)104-43-71(97)117)23-11-13-29-101-74(120)44-139-115-48(3)95(137)37-56-78(70(38-95)141-76-35-57(96)81(123)47(2)140-76)85(127)80-79(83(56)125)82(124)55-19-14-25-69(138-4)77(55)84(80)126/h5-9,14,16-21,25,39-42,45-47,57,60-68,70,76,81,102-103,123,125,127,137H,10-13,15,22-24,26-38,43-44,96H2,1-4H3,(H2,97,117)(H,98,105)(H,99,106)(H,100,118)(H,101,120)(H,104,135)(H,107,119)(H,108,130)(H,109,131)(H,110,132)(H,111,134)(H,112,128)(H,113,129)(H,114,133)(H,121,122)/b16-5+,115-48+/t47-,57-,60-,61-,62-,63-,64-,65-,66-,67-,68-,70-,76-,81+,95-/m0/s1. The lowest BCUT2D eigenvalue weighted by atomic mass is 9.72. The zero-order valence-electron chi connectivity index (χ0n) is 77.7. The summed E-state index contributed by atoms with van der Waals surface area (Å²) in [6.45, 7) is 3.14. The SMILES string of the molecule is C/C=C/C(=O)NCCCC[C@H](NC(=O)[C@H](Cc1c[nH]c2ccccc12)NC(=O)[C@H](Cc1cnc[nH]1)NC(=O)[C@@H]1CCC(=O)N1)C(=O)N[C@@H](Cc1cnc[nH]1)C(=O)N[C@@H](CC(=O)O)C(=O)N[C@@H](Cc1c[nH]c2ccccc12)C(=O)N[C@@H](CCCCNC(=O)CO/N=C(\C)[C@]1(O)Cc2c(O)c3c(c(O)c2[C@@H](O[C@H]2C[C@H](N)[C@H](O)[C@H](C)O2)C1)C(=O)c1c(OC)cccc1C3=O)C(=O)N1CCC[C@H]1C(=O)NCC(N)=O. The largest absolute Gasteiger partial charge is 0.507 e. The van der Waals surface area contributed by atoms with Gasteiger partial charge in [-0.3, -0.25) is 76.7 Å². The van der Waals surface area contributed by atoms with Crippen LogP contribution in [0.5, 0.6) is 17.2 Å². The number of hydrogen-bond donors (Lipinski definition) is 22. The van der Waals surface area contributed by atoms with Gasteiger partial charge in [0, 0.05) is 152 Å². The Morgan fingerprint density at radius 3 is 1.79 bits per heavy atom. The van der Waals surface area contributed by atoms with Crippen molar-refractivity contribution in [3.63, 3.8) is 0 Å². The molecule has 2 aliphatic carbocycles. The highest BCUT2D eigenvalue weighted by molar-refractivity contribution is 6.31. The molecule has 15 atom stereocenters. The Morgan fingerprint density at radius 2 is 1.22 bits per heavy atom. The number of carboxylic acid groups (broad SMARTS) is 1. The number of aliphatic carboxylic acids is 1. The third-order valence-corrected chi connectivity index (χ3v) is 25.5. The number of aromatic hydroxyl groups is 2. The minimum Gasteiger partial charge on any atom is -0.507 e. The molecule has 8 aromatic rings. The number of aromatic nitrogens is 6. The smallest absolute Gasteiger partial charge is 0.305 e. The number of unbranched alkanes of at least 4 members (excludes halogenated alkanes) is 2. The zero-order chi connectivity index (χ0) is 101. The van der Waals surface area contributed by atoms with Gasteiger partial charge in [0.2, 0.25) is 76.7 Å². The topological polar surface area (TPSA) is 700 Å². The van der Waals surface area contributed by atoms with Crippen LogP contribution in [-0.2, 0) is 114 Å². The number of ether oxygens (including phenoxy) is 3. The number of H-pyrrole nitrogens is 4. The Balaban J connectivity index is 0.720. The van der Waals surface area contributed by atoms with Gasteiger partial charge in [0.25, 0.3) is 5.91 Å². The number of ketones is 2. The summed E-state index contributed by atoms with van der Waals surface area (Å²) in [4.78, 5) is 253. The first-order valence-corrected chi connectivity index (χ1v) is 46.3. The molecule has 24 N–H and O–H groups in total. The second kappa shape index (κ2) is 46.9. The number of rotatable bonds is 46. The number of carbonyl (C=O) groups is 16. The lowest BCUT2D eigenvalue weighted by molar-refractivity contribution is -0.245. The quantitative estimate of drug-likeness (QED) is 0.00723. The molecule has 4 aromatic carbocycles. The molecular formula is C95H115N21O25. The summed E-state index contributed by atoms with van der Waals surface area (Å²) in [5.41, 5.74) is 10.3. The van der Waals surface area contributed by atoms with Gasteiger partial charge in [-0.15, -0.1) is 0 Å². The fourth-order valence-corrected chi connectivity index (χ4v) is 18.1. The van der Waals surface area contributed by atoms with Crippen molar-refractivity contribution < 1.29 is 121 Å². The molecule has 4 aromatic heterocycles. The van der Waals surface area contributed by atoms with Crippen molar-refractivity contribution in [1.82, 2.24) is 93.3 Å². The number of hydrogen-bond acceptors (Lipinski definition) is 28. The summed E-state index contributed by atoms with van der Waals surface area (Å²) in [6.07, 6.45) is 3.87. The van der Waals surface area contributed by atoms with Gasteiger partial charge in [-0.25, -0.2) is 9.97 Å². The number of phenolic OH excluding ortho intramolecular Hbond substituents is 2. The molecule has 3 saturated heterocycles. The Bertz CT molecular complexity index is 6060. The van der Waals surface area contributed by atoms with Gasteiger partial charge in [-0.05, 0) is 114 Å². The molecule has 46 nitrogen and oxygen atoms in total. The molecule has 7 heterocycles. The Labute approximate surface area is 805 Å². The Hall–Kier alpha value is -15.3. The molecule has 3 aliphatic heterocycles. The minimum absolute atomic E-state index is 0.0188. The number of imidazole rings is 2. The van der Waals surface area contributed by atoms with Gasteiger partial charge in [-0.2, -0.15) is 0 Å². The number of methoxy groups -OCH3 is 1.